The molecule has 3 heteroatoms. The number of methoxy groups -OCH3 is 2. The molecule has 0 amide bonds. The molecule has 3 nitrogen and oxygen atoms in total. The maximum absolute atomic E-state index is 5.42. The maximum atomic E-state index is 5.42. The lowest BCUT2D eigenvalue weighted by atomic mass is 9.88. The Bertz CT molecular complexity index is 840. The lowest BCUT2D eigenvalue weighted by molar-refractivity contribution is 0.354. The second-order valence-corrected chi connectivity index (χ2v) is 7.75. The average Bonchev–Trinajstić information content (AvgIpc) is 2.81. The standard InChI is InChI=1S/C27H33NO2/c1-21(14-15-22-16-17-26(29-2)27(20-22)30-3)28-19-18-25(23-10-6-4-7-11-23)24-12-8-5-9-13-24/h4-13,16-17,20-21,25,28H,14-15,18-19H2,1-3H3. The third-order valence-corrected chi connectivity index (χ3v) is 5.64. The van der Waals surface area contributed by atoms with Crippen LogP contribution in [0.3, 0.4) is 0 Å². The van der Waals surface area contributed by atoms with E-state index in [2.05, 4.69) is 85.0 Å². The van der Waals surface area contributed by atoms with Gasteiger partial charge >= 0.3 is 0 Å². The quantitative estimate of drug-likeness (QED) is 0.436. The van der Waals surface area contributed by atoms with Gasteiger partial charge in [0.2, 0.25) is 0 Å². The maximum Gasteiger partial charge on any atom is 0.160 e. The summed E-state index contributed by atoms with van der Waals surface area (Å²) in [6.07, 6.45) is 3.17. The van der Waals surface area contributed by atoms with Crippen molar-refractivity contribution in [2.24, 2.45) is 0 Å². The smallest absolute Gasteiger partial charge is 0.160 e. The molecule has 0 aliphatic carbocycles. The Labute approximate surface area is 181 Å². The fourth-order valence-corrected chi connectivity index (χ4v) is 3.89. The van der Waals surface area contributed by atoms with Crippen molar-refractivity contribution in [1.82, 2.24) is 5.32 Å². The zero-order valence-corrected chi connectivity index (χ0v) is 18.3. The molecule has 0 bridgehead atoms. The summed E-state index contributed by atoms with van der Waals surface area (Å²) < 4.78 is 10.7. The van der Waals surface area contributed by atoms with E-state index in [4.69, 9.17) is 9.47 Å². The van der Waals surface area contributed by atoms with E-state index in [1.54, 1.807) is 14.2 Å². The summed E-state index contributed by atoms with van der Waals surface area (Å²) in [5, 5.41) is 3.72. The molecule has 1 unspecified atom stereocenters. The van der Waals surface area contributed by atoms with Gasteiger partial charge in [-0.25, -0.2) is 0 Å². The summed E-state index contributed by atoms with van der Waals surface area (Å²) in [5.74, 6) is 1.99. The number of benzene rings is 3. The molecule has 3 aromatic carbocycles. The average molecular weight is 404 g/mol. The highest BCUT2D eigenvalue weighted by Gasteiger charge is 2.14. The van der Waals surface area contributed by atoms with Crippen LogP contribution in [0.5, 0.6) is 11.5 Å². The van der Waals surface area contributed by atoms with Crippen LogP contribution in [0.15, 0.2) is 78.9 Å². The first-order chi connectivity index (χ1) is 14.7. The predicted octanol–water partition coefficient (Wildman–Crippen LogP) is 5.84. The van der Waals surface area contributed by atoms with Crippen LogP contribution in [-0.2, 0) is 6.42 Å². The van der Waals surface area contributed by atoms with Gasteiger partial charge in [0, 0.05) is 12.0 Å². The first-order valence-electron chi connectivity index (χ1n) is 10.8. The van der Waals surface area contributed by atoms with Crippen LogP contribution in [0.2, 0.25) is 0 Å². The fourth-order valence-electron chi connectivity index (χ4n) is 3.89. The zero-order valence-electron chi connectivity index (χ0n) is 18.3. The third kappa shape index (κ3) is 6.11. The number of rotatable bonds is 11. The summed E-state index contributed by atoms with van der Waals surface area (Å²) in [6.45, 7) is 3.25. The van der Waals surface area contributed by atoms with Crippen molar-refractivity contribution < 1.29 is 9.47 Å². The van der Waals surface area contributed by atoms with Crippen molar-refractivity contribution >= 4 is 0 Å². The molecule has 30 heavy (non-hydrogen) atoms. The zero-order chi connectivity index (χ0) is 21.2. The van der Waals surface area contributed by atoms with Gasteiger partial charge in [-0.3, -0.25) is 0 Å². The van der Waals surface area contributed by atoms with Crippen LogP contribution in [0.1, 0.15) is 42.4 Å². The molecular formula is C27H33NO2. The summed E-state index contributed by atoms with van der Waals surface area (Å²) in [5.41, 5.74) is 4.03. The minimum absolute atomic E-state index is 0.415. The van der Waals surface area contributed by atoms with Gasteiger partial charge < -0.3 is 14.8 Å². The van der Waals surface area contributed by atoms with Gasteiger partial charge in [-0.1, -0.05) is 66.7 Å². The summed E-state index contributed by atoms with van der Waals surface area (Å²) >= 11 is 0. The summed E-state index contributed by atoms with van der Waals surface area (Å²) in [7, 11) is 3.35. The Morgan fingerprint density at radius 3 is 1.90 bits per heavy atom. The molecular weight excluding hydrogens is 370 g/mol. The SMILES string of the molecule is COc1ccc(CCC(C)NCCC(c2ccccc2)c2ccccc2)cc1OC. The van der Waals surface area contributed by atoms with Crippen molar-refractivity contribution in [3.8, 4) is 11.5 Å². The second-order valence-electron chi connectivity index (χ2n) is 7.75. The third-order valence-electron chi connectivity index (χ3n) is 5.64. The molecule has 158 valence electrons. The van der Waals surface area contributed by atoms with Crippen molar-refractivity contribution in [2.45, 2.75) is 38.1 Å². The van der Waals surface area contributed by atoms with E-state index in [0.29, 0.717) is 12.0 Å². The summed E-state index contributed by atoms with van der Waals surface area (Å²) in [6, 6.07) is 28.2. The van der Waals surface area contributed by atoms with Crippen molar-refractivity contribution in [3.63, 3.8) is 0 Å². The summed E-state index contributed by atoms with van der Waals surface area (Å²) in [4.78, 5) is 0. The van der Waals surface area contributed by atoms with Gasteiger partial charge in [0.1, 0.15) is 0 Å². The monoisotopic (exact) mass is 403 g/mol. The normalized spacial score (nSPS) is 12.0. The van der Waals surface area contributed by atoms with E-state index < -0.39 is 0 Å². The van der Waals surface area contributed by atoms with Gasteiger partial charge in [-0.2, -0.15) is 0 Å². The molecule has 0 aliphatic heterocycles. The van der Waals surface area contributed by atoms with Crippen molar-refractivity contribution in [3.05, 3.63) is 95.6 Å². The van der Waals surface area contributed by atoms with Gasteiger partial charge in [0.05, 0.1) is 14.2 Å². The minimum Gasteiger partial charge on any atom is -0.493 e. The topological polar surface area (TPSA) is 30.5 Å². The largest absolute Gasteiger partial charge is 0.493 e. The number of hydrogen-bond acceptors (Lipinski definition) is 3. The minimum atomic E-state index is 0.415. The van der Waals surface area contributed by atoms with E-state index in [1.807, 2.05) is 6.07 Å². The molecule has 0 saturated carbocycles. The van der Waals surface area contributed by atoms with E-state index in [-0.39, 0.29) is 0 Å². The molecule has 0 radical (unpaired) electrons. The second kappa shape index (κ2) is 11.4. The van der Waals surface area contributed by atoms with Gasteiger partial charge in [-0.05, 0) is 61.6 Å². The lowest BCUT2D eigenvalue weighted by Gasteiger charge is -2.20. The van der Waals surface area contributed by atoms with Crippen molar-refractivity contribution in [1.29, 1.82) is 0 Å². The van der Waals surface area contributed by atoms with Crippen LogP contribution in [0.4, 0.5) is 0 Å². The Kier molecular flexibility index (Phi) is 8.34. The Balaban J connectivity index is 1.53. The lowest BCUT2D eigenvalue weighted by Crippen LogP contribution is -2.28. The number of nitrogens with one attached hydrogen (secondary N) is 1. The Morgan fingerprint density at radius 2 is 1.33 bits per heavy atom. The number of aryl methyl sites for hydroxylation is 1. The van der Waals surface area contributed by atoms with E-state index >= 15 is 0 Å². The van der Waals surface area contributed by atoms with Gasteiger partial charge in [0.15, 0.2) is 11.5 Å². The first-order valence-corrected chi connectivity index (χ1v) is 10.8. The van der Waals surface area contributed by atoms with E-state index in [0.717, 1.165) is 37.3 Å². The first kappa shape index (κ1) is 21.9. The molecule has 1 atom stereocenters. The van der Waals surface area contributed by atoms with Crippen LogP contribution in [0.25, 0.3) is 0 Å². The molecule has 3 rings (SSSR count). The Hall–Kier alpha value is -2.78. The van der Waals surface area contributed by atoms with Gasteiger partial charge in [-0.15, -0.1) is 0 Å². The highest BCUT2D eigenvalue weighted by Crippen LogP contribution is 2.29. The van der Waals surface area contributed by atoms with E-state index in [1.165, 1.54) is 16.7 Å². The highest BCUT2D eigenvalue weighted by atomic mass is 16.5. The van der Waals surface area contributed by atoms with Crippen molar-refractivity contribution in [2.75, 3.05) is 20.8 Å². The van der Waals surface area contributed by atoms with Gasteiger partial charge in [0.25, 0.3) is 0 Å². The fraction of sp³-hybridized carbons (Fsp3) is 0.333. The van der Waals surface area contributed by atoms with Crippen LogP contribution < -0.4 is 14.8 Å². The molecule has 0 saturated heterocycles. The molecule has 1 N–H and O–H groups in total. The molecule has 0 fully saturated rings. The van der Waals surface area contributed by atoms with Crippen LogP contribution in [-0.4, -0.2) is 26.8 Å². The number of ether oxygens (including phenoxy) is 2. The molecule has 0 aliphatic rings. The number of hydrogen-bond donors (Lipinski definition) is 1. The van der Waals surface area contributed by atoms with Crippen LogP contribution in [0, 0.1) is 0 Å². The predicted molar refractivity (Wildman–Crippen MR) is 125 cm³/mol. The molecule has 0 aromatic heterocycles. The molecule has 0 heterocycles. The van der Waals surface area contributed by atoms with E-state index in [9.17, 15) is 0 Å². The van der Waals surface area contributed by atoms with Crippen LogP contribution >= 0.6 is 0 Å². The molecule has 3 aromatic rings. The Morgan fingerprint density at radius 1 is 0.733 bits per heavy atom. The highest BCUT2D eigenvalue weighted by molar-refractivity contribution is 5.43. The molecule has 0 spiro atoms.